The van der Waals surface area contributed by atoms with Crippen molar-refractivity contribution >= 4 is 12.0 Å². The summed E-state index contributed by atoms with van der Waals surface area (Å²) in [5.41, 5.74) is 2.08. The average Bonchev–Trinajstić information content (AvgIpc) is 2.15. The van der Waals surface area contributed by atoms with Crippen molar-refractivity contribution < 1.29 is 24.3 Å². The molecule has 1 aliphatic rings. The summed E-state index contributed by atoms with van der Waals surface area (Å²) in [5, 5.41) is 8.31. The minimum atomic E-state index is -1.14. The molecule has 1 saturated heterocycles. The Labute approximate surface area is 93.3 Å². The highest BCUT2D eigenvalue weighted by Crippen LogP contribution is 2.10. The fraction of sp³-hybridized carbons (Fsp3) is 0.778. The normalized spacial score (nSPS) is 25.2. The second-order valence-electron chi connectivity index (χ2n) is 3.75. The molecule has 16 heavy (non-hydrogen) atoms. The molecule has 7 nitrogen and oxygen atoms in total. The van der Waals surface area contributed by atoms with Crippen LogP contribution in [-0.4, -0.2) is 53.9 Å². The number of hydroxylamine groups is 1. The van der Waals surface area contributed by atoms with Crippen LogP contribution in [0.3, 0.4) is 0 Å². The van der Waals surface area contributed by atoms with E-state index in [0.29, 0.717) is 13.1 Å². The Bertz CT molecular complexity index is 261. The topological polar surface area (TPSA) is 88.1 Å². The first-order valence-electron chi connectivity index (χ1n) is 5.03. The third-order valence-corrected chi connectivity index (χ3v) is 2.06. The summed E-state index contributed by atoms with van der Waals surface area (Å²) in [7, 11) is 0. The van der Waals surface area contributed by atoms with Gasteiger partial charge in [0.1, 0.15) is 0 Å². The number of aliphatic carboxylic acids is 1. The summed E-state index contributed by atoms with van der Waals surface area (Å²) in [4.78, 5) is 27.7. The highest BCUT2D eigenvalue weighted by molar-refractivity contribution is 5.73. The summed E-state index contributed by atoms with van der Waals surface area (Å²) >= 11 is 0. The molecule has 0 aromatic rings. The van der Waals surface area contributed by atoms with Gasteiger partial charge in [0.2, 0.25) is 0 Å². The Hall–Kier alpha value is -1.34. The zero-order valence-electron chi connectivity index (χ0n) is 9.30. The van der Waals surface area contributed by atoms with Crippen molar-refractivity contribution in [2.24, 2.45) is 0 Å². The number of amides is 2. The zero-order chi connectivity index (χ0) is 12.1. The number of hydrogen-bond acceptors (Lipinski definition) is 4. The first-order chi connectivity index (χ1) is 7.49. The zero-order valence-corrected chi connectivity index (χ0v) is 9.30. The minimum absolute atomic E-state index is 0.0334. The van der Waals surface area contributed by atoms with Crippen LogP contribution < -0.4 is 5.48 Å². The van der Waals surface area contributed by atoms with E-state index in [1.807, 2.05) is 13.8 Å². The maximum Gasteiger partial charge on any atom is 0.341 e. The van der Waals surface area contributed by atoms with Gasteiger partial charge in [0, 0.05) is 13.1 Å². The Balaban J connectivity index is 2.32. The van der Waals surface area contributed by atoms with Gasteiger partial charge >= 0.3 is 12.0 Å². The monoisotopic (exact) mass is 232 g/mol. The summed E-state index contributed by atoms with van der Waals surface area (Å²) in [6.45, 7) is 4.11. The van der Waals surface area contributed by atoms with Crippen LogP contribution >= 0.6 is 0 Å². The van der Waals surface area contributed by atoms with Crippen LogP contribution in [0.5, 0.6) is 0 Å². The molecule has 7 heteroatoms. The lowest BCUT2D eigenvalue weighted by Gasteiger charge is -2.34. The van der Waals surface area contributed by atoms with Crippen molar-refractivity contribution in [1.29, 1.82) is 0 Å². The first kappa shape index (κ1) is 12.7. The molecule has 2 amide bonds. The fourth-order valence-electron chi connectivity index (χ4n) is 1.57. The van der Waals surface area contributed by atoms with Crippen LogP contribution in [0.15, 0.2) is 0 Å². The first-order valence-corrected chi connectivity index (χ1v) is 5.03. The predicted octanol–water partition coefficient (Wildman–Crippen LogP) is -0.179. The Morgan fingerprint density at radius 1 is 1.44 bits per heavy atom. The number of carboxylic acid groups (broad SMARTS) is 1. The fourth-order valence-corrected chi connectivity index (χ4v) is 1.57. The third kappa shape index (κ3) is 4.03. The van der Waals surface area contributed by atoms with Crippen LogP contribution in [-0.2, 0) is 14.4 Å². The van der Waals surface area contributed by atoms with Gasteiger partial charge in [0.25, 0.3) is 0 Å². The Morgan fingerprint density at radius 3 is 2.50 bits per heavy atom. The molecule has 2 atom stereocenters. The number of carbonyl (C=O) groups is 2. The van der Waals surface area contributed by atoms with Gasteiger partial charge in [0.15, 0.2) is 6.61 Å². The van der Waals surface area contributed by atoms with E-state index in [9.17, 15) is 9.59 Å². The van der Waals surface area contributed by atoms with Crippen molar-refractivity contribution in [2.45, 2.75) is 26.1 Å². The quantitative estimate of drug-likeness (QED) is 0.659. The van der Waals surface area contributed by atoms with E-state index in [2.05, 4.69) is 10.3 Å². The summed E-state index contributed by atoms with van der Waals surface area (Å²) in [5.74, 6) is -1.14. The van der Waals surface area contributed by atoms with Gasteiger partial charge in [-0.2, -0.15) is 0 Å². The van der Waals surface area contributed by atoms with Gasteiger partial charge in [-0.1, -0.05) is 0 Å². The van der Waals surface area contributed by atoms with Gasteiger partial charge in [-0.25, -0.2) is 15.1 Å². The number of hydrogen-bond donors (Lipinski definition) is 2. The van der Waals surface area contributed by atoms with E-state index < -0.39 is 18.6 Å². The molecule has 1 fully saturated rings. The number of carbonyl (C=O) groups excluding carboxylic acids is 1. The molecule has 0 spiro atoms. The molecule has 0 saturated carbocycles. The van der Waals surface area contributed by atoms with Gasteiger partial charge in [-0.3, -0.25) is 4.84 Å². The lowest BCUT2D eigenvalue weighted by atomic mass is 10.2. The highest BCUT2D eigenvalue weighted by atomic mass is 16.7. The predicted molar refractivity (Wildman–Crippen MR) is 53.7 cm³/mol. The molecular formula is C9H16N2O5. The average molecular weight is 232 g/mol. The number of urea groups is 1. The second-order valence-corrected chi connectivity index (χ2v) is 3.75. The lowest BCUT2D eigenvalue weighted by Crippen LogP contribution is -2.51. The molecule has 0 aromatic carbocycles. The Kier molecular flexibility index (Phi) is 4.51. The van der Waals surface area contributed by atoms with Crippen molar-refractivity contribution in [3.8, 4) is 0 Å². The largest absolute Gasteiger partial charge is 0.479 e. The number of nitrogens with zero attached hydrogens (tertiary/aromatic N) is 1. The summed E-state index contributed by atoms with van der Waals surface area (Å²) in [6.07, 6.45) is -0.0667. The second kappa shape index (κ2) is 5.66. The van der Waals surface area contributed by atoms with Crippen LogP contribution in [0.1, 0.15) is 13.8 Å². The van der Waals surface area contributed by atoms with E-state index in [-0.39, 0.29) is 12.2 Å². The van der Waals surface area contributed by atoms with Crippen LogP contribution in [0.25, 0.3) is 0 Å². The van der Waals surface area contributed by atoms with Crippen molar-refractivity contribution in [1.82, 2.24) is 10.4 Å². The number of ether oxygens (including phenoxy) is 1. The number of carboxylic acids is 1. The summed E-state index contributed by atoms with van der Waals surface area (Å²) < 4.78 is 5.45. The lowest BCUT2D eigenvalue weighted by molar-refractivity contribution is -0.144. The van der Waals surface area contributed by atoms with Crippen LogP contribution in [0.4, 0.5) is 4.79 Å². The van der Waals surface area contributed by atoms with Gasteiger partial charge < -0.3 is 14.7 Å². The molecular weight excluding hydrogens is 216 g/mol. The molecule has 0 radical (unpaired) electrons. The standard InChI is InChI=1S/C9H16N2O5/c1-6-3-11(4-7(2)16-6)9(14)10-15-5-8(12)13/h6-7H,3-5H2,1-2H3,(H,10,14)(H,12,13). The number of nitrogens with one attached hydrogen (secondary N) is 1. The van der Waals surface area contributed by atoms with E-state index in [0.717, 1.165) is 0 Å². The van der Waals surface area contributed by atoms with E-state index in [1.54, 1.807) is 0 Å². The van der Waals surface area contributed by atoms with Crippen molar-refractivity contribution in [2.75, 3.05) is 19.7 Å². The molecule has 2 N–H and O–H groups in total. The van der Waals surface area contributed by atoms with E-state index >= 15 is 0 Å². The van der Waals surface area contributed by atoms with Crippen LogP contribution in [0, 0.1) is 0 Å². The third-order valence-electron chi connectivity index (χ3n) is 2.06. The smallest absolute Gasteiger partial charge is 0.341 e. The molecule has 1 heterocycles. The minimum Gasteiger partial charge on any atom is -0.479 e. The Morgan fingerprint density at radius 2 is 2.00 bits per heavy atom. The van der Waals surface area contributed by atoms with Gasteiger partial charge in [0.05, 0.1) is 12.2 Å². The summed E-state index contributed by atoms with van der Waals surface area (Å²) in [6, 6.07) is -0.441. The molecule has 0 aromatic heterocycles. The SMILES string of the molecule is CC1CN(C(=O)NOCC(=O)O)CC(C)O1. The number of morpholine rings is 1. The maximum atomic E-state index is 11.5. The molecule has 0 aliphatic carbocycles. The highest BCUT2D eigenvalue weighted by Gasteiger charge is 2.25. The maximum absolute atomic E-state index is 11.5. The van der Waals surface area contributed by atoms with E-state index in [1.165, 1.54) is 4.90 Å². The van der Waals surface area contributed by atoms with E-state index in [4.69, 9.17) is 9.84 Å². The van der Waals surface area contributed by atoms with Crippen molar-refractivity contribution in [3.05, 3.63) is 0 Å². The molecule has 0 bridgehead atoms. The van der Waals surface area contributed by atoms with Crippen molar-refractivity contribution in [3.63, 3.8) is 0 Å². The van der Waals surface area contributed by atoms with Crippen LogP contribution in [0.2, 0.25) is 0 Å². The molecule has 1 rings (SSSR count). The number of rotatable bonds is 3. The van der Waals surface area contributed by atoms with Gasteiger partial charge in [-0.15, -0.1) is 0 Å². The molecule has 2 unspecified atom stereocenters. The molecule has 1 aliphatic heterocycles. The molecule has 92 valence electrons. The van der Waals surface area contributed by atoms with Gasteiger partial charge in [-0.05, 0) is 13.8 Å².